The first-order valence-corrected chi connectivity index (χ1v) is 14.8. The van der Waals surface area contributed by atoms with Gasteiger partial charge in [-0.15, -0.1) is 0 Å². The number of carbonyl (C=O) groups excluding carboxylic acids is 1. The Morgan fingerprint density at radius 1 is 0.955 bits per heavy atom. The van der Waals surface area contributed by atoms with Crippen molar-refractivity contribution in [3.63, 3.8) is 0 Å². The number of ether oxygens (including phenoxy) is 1. The Hall–Kier alpha value is -5.06. The molecule has 1 amide bonds. The number of nitrogens with one attached hydrogen (secondary N) is 3. The van der Waals surface area contributed by atoms with Gasteiger partial charge in [0.15, 0.2) is 5.54 Å². The van der Waals surface area contributed by atoms with Gasteiger partial charge in [0, 0.05) is 17.7 Å². The van der Waals surface area contributed by atoms with Crippen molar-refractivity contribution in [1.82, 2.24) is 30.2 Å². The molecular formula is C34H34N6O4. The lowest BCUT2D eigenvalue weighted by atomic mass is 9.96. The van der Waals surface area contributed by atoms with Crippen molar-refractivity contribution in [2.45, 2.75) is 63.6 Å². The Labute approximate surface area is 255 Å². The highest BCUT2D eigenvalue weighted by Gasteiger charge is 2.48. The number of amides is 1. The molecule has 44 heavy (non-hydrogen) atoms. The van der Waals surface area contributed by atoms with E-state index in [1.54, 1.807) is 12.4 Å². The average molecular weight is 591 g/mol. The van der Waals surface area contributed by atoms with E-state index in [1.165, 1.54) is 4.90 Å². The summed E-state index contributed by atoms with van der Waals surface area (Å²) < 4.78 is 5.71. The summed E-state index contributed by atoms with van der Waals surface area (Å²) >= 11 is 0. The van der Waals surface area contributed by atoms with Crippen molar-refractivity contribution < 1.29 is 19.4 Å². The zero-order valence-corrected chi connectivity index (χ0v) is 25.0. The minimum atomic E-state index is -0.992. The van der Waals surface area contributed by atoms with Gasteiger partial charge in [0.1, 0.15) is 28.6 Å². The number of benzene rings is 2. The van der Waals surface area contributed by atoms with Crippen LogP contribution >= 0.6 is 0 Å². The Kier molecular flexibility index (Phi) is 7.62. The number of esters is 1. The lowest BCUT2D eigenvalue weighted by Crippen LogP contribution is -2.48. The van der Waals surface area contributed by atoms with Gasteiger partial charge in [0.2, 0.25) is 0 Å². The van der Waals surface area contributed by atoms with Gasteiger partial charge < -0.3 is 19.8 Å². The molecule has 4 N–H and O–H groups in total. The Morgan fingerprint density at radius 3 is 2.23 bits per heavy atom. The van der Waals surface area contributed by atoms with Crippen LogP contribution in [0.4, 0.5) is 4.79 Å². The van der Waals surface area contributed by atoms with Gasteiger partial charge in [-0.3, -0.25) is 10.2 Å². The summed E-state index contributed by atoms with van der Waals surface area (Å²) in [6.07, 6.45) is 5.40. The number of aromatic amines is 2. The second-order valence-electron chi connectivity index (χ2n) is 12.2. The normalized spacial score (nSPS) is 19.7. The van der Waals surface area contributed by atoms with Gasteiger partial charge in [-0.25, -0.2) is 19.6 Å². The number of aromatic nitrogens is 4. The molecule has 0 radical (unpaired) electrons. The number of rotatable bonds is 3. The summed E-state index contributed by atoms with van der Waals surface area (Å²) in [7, 11) is 0. The molecule has 0 unspecified atom stereocenters. The third kappa shape index (κ3) is 6.03. The smallest absolute Gasteiger partial charge is 0.407 e. The molecule has 0 aliphatic carbocycles. The van der Waals surface area contributed by atoms with E-state index >= 15 is 0 Å². The fraction of sp³-hybridized carbons (Fsp3) is 0.353. The predicted molar refractivity (Wildman–Crippen MR) is 165 cm³/mol. The molecule has 10 heteroatoms. The first-order valence-electron chi connectivity index (χ1n) is 14.8. The van der Waals surface area contributed by atoms with E-state index in [0.29, 0.717) is 42.5 Å². The molecule has 2 saturated heterocycles. The second-order valence-corrected chi connectivity index (χ2v) is 12.2. The minimum Gasteiger partial charge on any atom is -0.465 e. The molecule has 2 aliphatic rings. The van der Waals surface area contributed by atoms with Crippen molar-refractivity contribution >= 4 is 22.8 Å². The zero-order valence-electron chi connectivity index (χ0n) is 25.0. The van der Waals surface area contributed by atoms with Crippen molar-refractivity contribution in [2.24, 2.45) is 0 Å². The molecule has 2 aromatic carbocycles. The fourth-order valence-electron chi connectivity index (χ4n) is 5.71. The van der Waals surface area contributed by atoms with Crippen LogP contribution in [0.3, 0.4) is 0 Å². The highest BCUT2D eigenvalue weighted by Crippen LogP contribution is 2.32. The number of nitrogens with zero attached hydrogens (tertiary/aromatic N) is 3. The van der Waals surface area contributed by atoms with E-state index in [1.807, 2.05) is 57.2 Å². The summed E-state index contributed by atoms with van der Waals surface area (Å²) in [4.78, 5) is 41.3. The highest BCUT2D eigenvalue weighted by molar-refractivity contribution is 5.85. The number of imidazole rings is 2. The molecule has 0 saturated carbocycles. The van der Waals surface area contributed by atoms with E-state index in [4.69, 9.17) is 4.74 Å². The third-order valence-corrected chi connectivity index (χ3v) is 7.82. The van der Waals surface area contributed by atoms with Crippen molar-refractivity contribution in [2.75, 3.05) is 13.1 Å². The van der Waals surface area contributed by atoms with Crippen LogP contribution in [0.1, 0.15) is 86.7 Å². The predicted octanol–water partition coefficient (Wildman–Crippen LogP) is 4.82. The summed E-state index contributed by atoms with van der Waals surface area (Å²) in [6.45, 7) is 6.80. The van der Waals surface area contributed by atoms with Crippen LogP contribution in [0.15, 0.2) is 48.8 Å². The second kappa shape index (κ2) is 11.6. The van der Waals surface area contributed by atoms with Gasteiger partial charge in [-0.2, -0.15) is 0 Å². The topological polar surface area (TPSA) is 136 Å². The van der Waals surface area contributed by atoms with Gasteiger partial charge in [-0.05, 0) is 99.9 Å². The molecule has 4 aromatic rings. The van der Waals surface area contributed by atoms with Gasteiger partial charge in [-0.1, -0.05) is 24.0 Å². The van der Waals surface area contributed by atoms with Gasteiger partial charge in [0.05, 0.1) is 18.4 Å². The molecule has 4 heterocycles. The van der Waals surface area contributed by atoms with E-state index < -0.39 is 17.2 Å². The first-order chi connectivity index (χ1) is 21.1. The SMILES string of the molecule is CC(C)(C)OC(=O)[C@@]1(c2ncc(C#Cc3ccc4cc(C#Cc5cnc([C@@H]6CCCN6C(=O)O)[nH]5)ccc4c3)[nH]2)CCCN1. The van der Waals surface area contributed by atoms with Crippen molar-refractivity contribution in [3.8, 4) is 23.7 Å². The molecule has 6 rings (SSSR count). The quantitative estimate of drug-likeness (QED) is 0.198. The van der Waals surface area contributed by atoms with Crippen LogP contribution in [0.5, 0.6) is 0 Å². The monoisotopic (exact) mass is 590 g/mol. The molecular weight excluding hydrogens is 556 g/mol. The van der Waals surface area contributed by atoms with Crippen LogP contribution in [-0.4, -0.2) is 60.7 Å². The van der Waals surface area contributed by atoms with E-state index in [0.717, 1.165) is 41.2 Å². The van der Waals surface area contributed by atoms with Crippen LogP contribution in [-0.2, 0) is 15.1 Å². The summed E-state index contributed by atoms with van der Waals surface area (Å²) in [6, 6.07) is 11.7. The number of likely N-dealkylation sites (tertiary alicyclic amines) is 1. The van der Waals surface area contributed by atoms with Crippen LogP contribution in [0.2, 0.25) is 0 Å². The number of carboxylic acid groups (broad SMARTS) is 1. The maximum atomic E-state index is 13.1. The molecule has 2 aromatic heterocycles. The van der Waals surface area contributed by atoms with Crippen LogP contribution < -0.4 is 5.32 Å². The standard InChI is InChI=1S/C34H34N6O4/c1-33(2,3)44-31(41)34(15-5-16-37-34)30-36-21-27(39-30)14-10-23-8-12-24-18-22(7-11-25(24)19-23)9-13-26-20-35-29(38-26)28-6-4-17-40(28)32(42)43/h7-8,11-12,18-21,28,37H,4-6,15-17H2,1-3H3,(H,35,38)(H,36,39)(H,42,43)/t28-,34-/m0/s1. The Balaban J connectivity index is 1.16. The number of carbonyl (C=O) groups is 2. The minimum absolute atomic E-state index is 0.255. The highest BCUT2D eigenvalue weighted by atomic mass is 16.6. The third-order valence-electron chi connectivity index (χ3n) is 7.82. The molecule has 10 nitrogen and oxygen atoms in total. The first kappa shape index (κ1) is 29.0. The molecule has 2 atom stereocenters. The van der Waals surface area contributed by atoms with Crippen LogP contribution in [0, 0.1) is 23.7 Å². The summed E-state index contributed by atoms with van der Waals surface area (Å²) in [5.41, 5.74) is 1.37. The number of hydrogen-bond acceptors (Lipinski definition) is 6. The molecule has 0 bridgehead atoms. The zero-order chi connectivity index (χ0) is 30.9. The molecule has 2 aliphatic heterocycles. The Bertz CT molecular complexity index is 1850. The lowest BCUT2D eigenvalue weighted by Gasteiger charge is -2.29. The van der Waals surface area contributed by atoms with Gasteiger partial charge >= 0.3 is 12.1 Å². The number of H-pyrrole nitrogens is 2. The van der Waals surface area contributed by atoms with Crippen LogP contribution in [0.25, 0.3) is 10.8 Å². The van der Waals surface area contributed by atoms with E-state index in [9.17, 15) is 14.7 Å². The molecule has 0 spiro atoms. The number of hydrogen-bond donors (Lipinski definition) is 4. The lowest BCUT2D eigenvalue weighted by molar-refractivity contribution is -0.163. The van der Waals surface area contributed by atoms with Crippen molar-refractivity contribution in [3.05, 3.63) is 83.0 Å². The van der Waals surface area contributed by atoms with E-state index in [2.05, 4.69) is 48.9 Å². The summed E-state index contributed by atoms with van der Waals surface area (Å²) in [5, 5.41) is 14.8. The van der Waals surface area contributed by atoms with Gasteiger partial charge in [0.25, 0.3) is 0 Å². The van der Waals surface area contributed by atoms with Crippen molar-refractivity contribution in [1.29, 1.82) is 0 Å². The number of fused-ring (bicyclic) bond motifs is 1. The van der Waals surface area contributed by atoms with E-state index in [-0.39, 0.29) is 12.0 Å². The molecule has 2 fully saturated rings. The fourth-order valence-corrected chi connectivity index (χ4v) is 5.71. The Morgan fingerprint density at radius 2 is 1.61 bits per heavy atom. The summed E-state index contributed by atoms with van der Waals surface area (Å²) in [5.74, 6) is 13.4. The molecule has 224 valence electrons. The average Bonchev–Trinajstić information content (AvgIpc) is 3.80. The largest absolute Gasteiger partial charge is 0.465 e. The maximum Gasteiger partial charge on any atom is 0.407 e. The maximum absolute atomic E-state index is 13.1.